The van der Waals surface area contributed by atoms with E-state index in [0.29, 0.717) is 26.7 Å². The predicted octanol–water partition coefficient (Wildman–Crippen LogP) is 6.20. The first-order valence-corrected chi connectivity index (χ1v) is 12.3. The van der Waals surface area contributed by atoms with Crippen LogP contribution < -0.4 is 14.8 Å². The van der Waals surface area contributed by atoms with Crippen LogP contribution in [0.3, 0.4) is 0 Å². The third kappa shape index (κ3) is 6.48. The Morgan fingerprint density at radius 3 is 2.43 bits per heavy atom. The third-order valence-corrected chi connectivity index (χ3v) is 6.45. The number of hydrogen-bond donors (Lipinski definition) is 1. The van der Waals surface area contributed by atoms with Crippen LogP contribution in [0.4, 0.5) is 5.69 Å². The number of aromatic nitrogens is 3. The molecule has 180 valence electrons. The normalized spacial score (nSPS) is 10.7. The molecule has 10 heteroatoms. The lowest BCUT2D eigenvalue weighted by atomic mass is 10.2. The van der Waals surface area contributed by atoms with Gasteiger partial charge in [0.2, 0.25) is 5.91 Å². The Bertz CT molecular complexity index is 1310. The van der Waals surface area contributed by atoms with Crippen molar-refractivity contribution < 1.29 is 14.3 Å². The van der Waals surface area contributed by atoms with E-state index in [0.717, 1.165) is 22.7 Å². The number of carbonyl (C=O) groups excluding carboxylic acids is 1. The Hall–Kier alpha value is -3.20. The van der Waals surface area contributed by atoms with Gasteiger partial charge in [-0.2, -0.15) is 0 Å². The van der Waals surface area contributed by atoms with Crippen LogP contribution in [0.5, 0.6) is 11.5 Å². The summed E-state index contributed by atoms with van der Waals surface area (Å²) in [5.74, 6) is 1.89. The monoisotopic (exact) mass is 528 g/mol. The second-order valence-electron chi connectivity index (χ2n) is 7.49. The van der Waals surface area contributed by atoms with Crippen LogP contribution in [0.25, 0.3) is 5.69 Å². The van der Waals surface area contributed by atoms with E-state index in [1.165, 1.54) is 11.8 Å². The Labute approximate surface area is 217 Å². The first-order valence-electron chi connectivity index (χ1n) is 10.6. The SMILES string of the molecule is COc1ccc(-n2c(COc3ccc(C)cc3)nnc2SCC(=O)Nc2cc(Cl)ccc2Cl)cc1. The largest absolute Gasteiger partial charge is 0.497 e. The van der Waals surface area contributed by atoms with Gasteiger partial charge in [0.25, 0.3) is 0 Å². The number of nitrogens with one attached hydrogen (secondary N) is 1. The number of halogens is 2. The van der Waals surface area contributed by atoms with E-state index >= 15 is 0 Å². The third-order valence-electron chi connectivity index (χ3n) is 4.95. The van der Waals surface area contributed by atoms with Crippen molar-refractivity contribution in [3.05, 3.63) is 88.2 Å². The lowest BCUT2D eigenvalue weighted by Gasteiger charge is -2.12. The molecule has 1 N–H and O–H groups in total. The fourth-order valence-corrected chi connectivity index (χ4v) is 4.28. The number of anilines is 1. The van der Waals surface area contributed by atoms with E-state index in [-0.39, 0.29) is 18.3 Å². The number of carbonyl (C=O) groups is 1. The Morgan fingerprint density at radius 1 is 1.00 bits per heavy atom. The Balaban J connectivity index is 1.52. The molecular formula is C25H22Cl2N4O3S. The summed E-state index contributed by atoms with van der Waals surface area (Å²) in [6, 6.07) is 20.2. The number of hydrogen-bond acceptors (Lipinski definition) is 6. The number of thioether (sulfide) groups is 1. The van der Waals surface area contributed by atoms with Crippen LogP contribution in [-0.2, 0) is 11.4 Å². The van der Waals surface area contributed by atoms with E-state index in [4.69, 9.17) is 32.7 Å². The molecule has 0 fully saturated rings. The van der Waals surface area contributed by atoms with Crippen molar-refractivity contribution in [2.24, 2.45) is 0 Å². The highest BCUT2D eigenvalue weighted by atomic mass is 35.5. The number of rotatable bonds is 9. The molecule has 7 nitrogen and oxygen atoms in total. The molecule has 0 aliphatic rings. The zero-order valence-corrected chi connectivity index (χ0v) is 21.3. The van der Waals surface area contributed by atoms with Gasteiger partial charge in [-0.15, -0.1) is 10.2 Å². The molecule has 0 aliphatic carbocycles. The van der Waals surface area contributed by atoms with Gasteiger partial charge in [-0.3, -0.25) is 9.36 Å². The number of aryl methyl sites for hydroxylation is 1. The average molecular weight is 529 g/mol. The lowest BCUT2D eigenvalue weighted by molar-refractivity contribution is -0.113. The second-order valence-corrected chi connectivity index (χ2v) is 9.28. The summed E-state index contributed by atoms with van der Waals surface area (Å²) in [6.45, 7) is 2.22. The van der Waals surface area contributed by atoms with Gasteiger partial charge in [0.1, 0.15) is 18.1 Å². The molecule has 0 spiro atoms. The quantitative estimate of drug-likeness (QED) is 0.260. The summed E-state index contributed by atoms with van der Waals surface area (Å²) in [5.41, 5.74) is 2.42. The summed E-state index contributed by atoms with van der Waals surface area (Å²) < 4.78 is 13.1. The van der Waals surface area contributed by atoms with Crippen LogP contribution in [0.1, 0.15) is 11.4 Å². The molecule has 4 aromatic rings. The smallest absolute Gasteiger partial charge is 0.234 e. The van der Waals surface area contributed by atoms with Crippen molar-refractivity contribution in [2.45, 2.75) is 18.7 Å². The molecule has 35 heavy (non-hydrogen) atoms. The van der Waals surface area contributed by atoms with E-state index in [9.17, 15) is 4.79 Å². The molecule has 0 atom stereocenters. The highest BCUT2D eigenvalue weighted by Crippen LogP contribution is 2.27. The highest BCUT2D eigenvalue weighted by Gasteiger charge is 2.17. The van der Waals surface area contributed by atoms with Crippen LogP contribution in [0.15, 0.2) is 71.9 Å². The summed E-state index contributed by atoms with van der Waals surface area (Å²) in [7, 11) is 1.61. The van der Waals surface area contributed by atoms with Crippen molar-refractivity contribution in [1.29, 1.82) is 0 Å². The van der Waals surface area contributed by atoms with Gasteiger partial charge in [0.15, 0.2) is 11.0 Å². The van der Waals surface area contributed by atoms with Crippen molar-refractivity contribution in [3.8, 4) is 17.2 Å². The molecule has 0 aliphatic heterocycles. The zero-order chi connectivity index (χ0) is 24.8. The van der Waals surface area contributed by atoms with Crippen molar-refractivity contribution in [2.75, 3.05) is 18.2 Å². The average Bonchev–Trinajstić information content (AvgIpc) is 3.27. The van der Waals surface area contributed by atoms with Gasteiger partial charge >= 0.3 is 0 Å². The summed E-state index contributed by atoms with van der Waals surface area (Å²) >= 11 is 13.4. The number of benzene rings is 3. The summed E-state index contributed by atoms with van der Waals surface area (Å²) in [6.07, 6.45) is 0. The van der Waals surface area contributed by atoms with Crippen molar-refractivity contribution in [1.82, 2.24) is 14.8 Å². The number of ether oxygens (including phenoxy) is 2. The minimum atomic E-state index is -0.249. The topological polar surface area (TPSA) is 78.3 Å². The van der Waals surface area contributed by atoms with Gasteiger partial charge in [0.05, 0.1) is 23.6 Å². The van der Waals surface area contributed by atoms with Crippen LogP contribution >= 0.6 is 35.0 Å². The maximum absolute atomic E-state index is 12.6. The first-order chi connectivity index (χ1) is 16.9. The molecule has 0 unspecified atom stereocenters. The maximum Gasteiger partial charge on any atom is 0.234 e. The molecule has 0 saturated heterocycles. The fraction of sp³-hybridized carbons (Fsp3) is 0.160. The standard InChI is InChI=1S/C25H22Cl2N4O3S/c1-16-3-8-20(9-4-16)34-14-23-29-30-25(31(23)18-6-10-19(33-2)11-7-18)35-15-24(32)28-22-13-17(26)5-12-21(22)27/h3-13H,14-15H2,1-2H3,(H,28,32). The van der Waals surface area contributed by atoms with E-state index in [1.54, 1.807) is 25.3 Å². The molecule has 0 radical (unpaired) electrons. The molecular weight excluding hydrogens is 507 g/mol. The van der Waals surface area contributed by atoms with Gasteiger partial charge in [0, 0.05) is 10.7 Å². The van der Waals surface area contributed by atoms with Crippen molar-refractivity contribution in [3.63, 3.8) is 0 Å². The fourth-order valence-electron chi connectivity index (χ4n) is 3.17. The molecule has 0 bridgehead atoms. The molecule has 0 saturated carbocycles. The van der Waals surface area contributed by atoms with E-state index in [1.807, 2.05) is 60.0 Å². The maximum atomic E-state index is 12.6. The van der Waals surface area contributed by atoms with Crippen LogP contribution in [0, 0.1) is 6.92 Å². The molecule has 3 aromatic carbocycles. The Kier molecular flexibility index (Phi) is 8.17. The van der Waals surface area contributed by atoms with Crippen LogP contribution in [-0.4, -0.2) is 33.5 Å². The number of amides is 1. The predicted molar refractivity (Wildman–Crippen MR) is 139 cm³/mol. The number of methoxy groups -OCH3 is 1. The van der Waals surface area contributed by atoms with E-state index < -0.39 is 0 Å². The van der Waals surface area contributed by atoms with Gasteiger partial charge in [-0.05, 0) is 61.5 Å². The van der Waals surface area contributed by atoms with Crippen LogP contribution in [0.2, 0.25) is 10.0 Å². The first kappa shape index (κ1) is 24.9. The highest BCUT2D eigenvalue weighted by molar-refractivity contribution is 7.99. The summed E-state index contributed by atoms with van der Waals surface area (Å²) in [4.78, 5) is 12.6. The molecule has 4 rings (SSSR count). The summed E-state index contributed by atoms with van der Waals surface area (Å²) in [5, 5.41) is 12.8. The van der Waals surface area contributed by atoms with Gasteiger partial charge in [-0.25, -0.2) is 0 Å². The van der Waals surface area contributed by atoms with Gasteiger partial charge in [-0.1, -0.05) is 52.7 Å². The molecule has 1 heterocycles. The Morgan fingerprint density at radius 2 is 1.71 bits per heavy atom. The minimum absolute atomic E-state index is 0.0932. The van der Waals surface area contributed by atoms with Crippen molar-refractivity contribution >= 4 is 46.6 Å². The lowest BCUT2D eigenvalue weighted by Crippen LogP contribution is -2.15. The molecule has 1 aromatic heterocycles. The number of nitrogens with zero attached hydrogens (tertiary/aromatic N) is 3. The second kappa shape index (κ2) is 11.5. The van der Waals surface area contributed by atoms with Gasteiger partial charge < -0.3 is 14.8 Å². The minimum Gasteiger partial charge on any atom is -0.497 e. The molecule has 1 amide bonds. The zero-order valence-electron chi connectivity index (χ0n) is 19.0. The van der Waals surface area contributed by atoms with E-state index in [2.05, 4.69) is 15.5 Å².